The molecule has 0 saturated heterocycles. The van der Waals surface area contributed by atoms with Gasteiger partial charge < -0.3 is 4.74 Å². The van der Waals surface area contributed by atoms with Gasteiger partial charge in [0.15, 0.2) is 0 Å². The minimum absolute atomic E-state index is 0.884. The van der Waals surface area contributed by atoms with Gasteiger partial charge in [-0.25, -0.2) is 0 Å². The van der Waals surface area contributed by atoms with Crippen LogP contribution in [0.1, 0.15) is 5.56 Å². The van der Waals surface area contributed by atoms with E-state index < -0.39 is 0 Å². The van der Waals surface area contributed by atoms with Crippen LogP contribution in [0.15, 0.2) is 54.6 Å². The van der Waals surface area contributed by atoms with Gasteiger partial charge in [0, 0.05) is 9.99 Å². The van der Waals surface area contributed by atoms with Gasteiger partial charge in [-0.3, -0.25) is 0 Å². The van der Waals surface area contributed by atoms with Crippen LogP contribution in [0.5, 0.6) is 11.5 Å². The number of benzene rings is 2. The molecule has 2 heteroatoms. The van der Waals surface area contributed by atoms with Crippen LogP contribution in [0.3, 0.4) is 0 Å². The molecule has 0 radical (unpaired) electrons. The molecule has 0 heterocycles. The molecule has 0 unspecified atom stereocenters. The van der Waals surface area contributed by atoms with Crippen LogP contribution in [0.4, 0.5) is 0 Å². The highest BCUT2D eigenvalue weighted by Crippen LogP contribution is 2.26. The van der Waals surface area contributed by atoms with Gasteiger partial charge in [0.1, 0.15) is 11.5 Å². The van der Waals surface area contributed by atoms with E-state index in [9.17, 15) is 0 Å². The van der Waals surface area contributed by atoms with Gasteiger partial charge in [-0.2, -0.15) is 0 Å². The van der Waals surface area contributed by atoms with Crippen LogP contribution in [-0.4, -0.2) is 0 Å². The first-order valence-corrected chi connectivity index (χ1v) is 6.29. The average Bonchev–Trinajstić information content (AvgIpc) is 2.31. The first-order chi connectivity index (χ1) is 7.40. The fourth-order valence-corrected chi connectivity index (χ4v) is 1.96. The van der Waals surface area contributed by atoms with Crippen molar-refractivity contribution in [2.75, 3.05) is 0 Å². The van der Waals surface area contributed by atoms with Crippen LogP contribution in [0.25, 0.3) is 0 Å². The molecule has 0 saturated carbocycles. The summed E-state index contributed by atoms with van der Waals surface area (Å²) >= 11 is 2.34. The minimum atomic E-state index is 0.884. The van der Waals surface area contributed by atoms with Crippen LogP contribution < -0.4 is 4.74 Å². The molecule has 15 heavy (non-hydrogen) atoms. The number of alkyl halides is 1. The van der Waals surface area contributed by atoms with Crippen LogP contribution >= 0.6 is 22.6 Å². The Bertz CT molecular complexity index is 426. The summed E-state index contributed by atoms with van der Waals surface area (Å²) in [6.07, 6.45) is 0. The van der Waals surface area contributed by atoms with Crippen molar-refractivity contribution in [2.45, 2.75) is 4.43 Å². The second kappa shape index (κ2) is 5.16. The number of halogens is 1. The van der Waals surface area contributed by atoms with Crippen molar-refractivity contribution < 1.29 is 4.74 Å². The second-order valence-electron chi connectivity index (χ2n) is 3.16. The van der Waals surface area contributed by atoms with Gasteiger partial charge in [0.2, 0.25) is 0 Å². The molecule has 0 aromatic heterocycles. The molecule has 2 aromatic carbocycles. The highest BCUT2D eigenvalue weighted by Gasteiger charge is 2.01. The van der Waals surface area contributed by atoms with Gasteiger partial charge >= 0.3 is 0 Å². The highest BCUT2D eigenvalue weighted by molar-refractivity contribution is 14.1. The SMILES string of the molecule is ICc1ccccc1Oc1ccccc1. The number of hydrogen-bond acceptors (Lipinski definition) is 1. The summed E-state index contributed by atoms with van der Waals surface area (Å²) in [5.74, 6) is 1.83. The molecule has 2 aromatic rings. The zero-order valence-corrected chi connectivity index (χ0v) is 10.3. The third kappa shape index (κ3) is 2.72. The van der Waals surface area contributed by atoms with E-state index in [1.165, 1.54) is 5.56 Å². The summed E-state index contributed by atoms with van der Waals surface area (Å²) in [5.41, 5.74) is 1.22. The smallest absolute Gasteiger partial charge is 0.131 e. The van der Waals surface area contributed by atoms with Crippen molar-refractivity contribution in [3.63, 3.8) is 0 Å². The summed E-state index contributed by atoms with van der Waals surface area (Å²) in [5, 5.41) is 0. The third-order valence-electron chi connectivity index (χ3n) is 2.09. The average molecular weight is 310 g/mol. The quantitative estimate of drug-likeness (QED) is 0.602. The van der Waals surface area contributed by atoms with Gasteiger partial charge in [-0.05, 0) is 18.2 Å². The van der Waals surface area contributed by atoms with Crippen molar-refractivity contribution in [3.8, 4) is 11.5 Å². The molecule has 0 aliphatic carbocycles. The van der Waals surface area contributed by atoms with E-state index in [0.29, 0.717) is 0 Å². The highest BCUT2D eigenvalue weighted by atomic mass is 127. The Balaban J connectivity index is 2.24. The zero-order valence-electron chi connectivity index (χ0n) is 8.19. The summed E-state index contributed by atoms with van der Waals surface area (Å²) in [6, 6.07) is 18.0. The summed E-state index contributed by atoms with van der Waals surface area (Å²) in [7, 11) is 0. The Kier molecular flexibility index (Phi) is 3.61. The number of ether oxygens (including phenoxy) is 1. The first kappa shape index (κ1) is 10.5. The first-order valence-electron chi connectivity index (χ1n) is 4.77. The molecule has 0 spiro atoms. The maximum Gasteiger partial charge on any atom is 0.131 e. The van der Waals surface area contributed by atoms with E-state index in [4.69, 9.17) is 4.74 Å². The lowest BCUT2D eigenvalue weighted by molar-refractivity contribution is 0.479. The monoisotopic (exact) mass is 310 g/mol. The fraction of sp³-hybridized carbons (Fsp3) is 0.0769. The molecule has 76 valence electrons. The lowest BCUT2D eigenvalue weighted by Gasteiger charge is -2.08. The van der Waals surface area contributed by atoms with Crippen LogP contribution in [0, 0.1) is 0 Å². The van der Waals surface area contributed by atoms with E-state index in [1.807, 2.05) is 48.5 Å². The molecule has 1 nitrogen and oxygen atoms in total. The van der Waals surface area contributed by atoms with Gasteiger partial charge in [-0.1, -0.05) is 59.0 Å². The predicted molar refractivity (Wildman–Crippen MR) is 70.7 cm³/mol. The van der Waals surface area contributed by atoms with E-state index in [-0.39, 0.29) is 0 Å². The summed E-state index contributed by atoms with van der Waals surface area (Å²) in [6.45, 7) is 0. The minimum Gasteiger partial charge on any atom is -0.457 e. The summed E-state index contributed by atoms with van der Waals surface area (Å²) in [4.78, 5) is 0. The molecular weight excluding hydrogens is 299 g/mol. The molecule has 0 amide bonds. The molecule has 0 N–H and O–H groups in total. The third-order valence-corrected chi connectivity index (χ3v) is 2.91. The lowest BCUT2D eigenvalue weighted by Crippen LogP contribution is -1.88. The van der Waals surface area contributed by atoms with Crippen LogP contribution in [-0.2, 0) is 4.43 Å². The normalized spacial score (nSPS) is 9.93. The Hall–Kier alpha value is -1.03. The Morgan fingerprint density at radius 1 is 0.867 bits per heavy atom. The Labute approximate surface area is 103 Å². The van der Waals surface area contributed by atoms with E-state index in [2.05, 4.69) is 28.7 Å². The molecule has 0 fully saturated rings. The standard InChI is InChI=1S/C13H11IO/c14-10-11-6-4-5-9-13(11)15-12-7-2-1-3-8-12/h1-9H,10H2. The van der Waals surface area contributed by atoms with E-state index in [1.54, 1.807) is 0 Å². The van der Waals surface area contributed by atoms with Crippen molar-refractivity contribution in [3.05, 3.63) is 60.2 Å². The summed E-state index contributed by atoms with van der Waals surface area (Å²) < 4.78 is 6.75. The Morgan fingerprint density at radius 3 is 2.27 bits per heavy atom. The van der Waals surface area contributed by atoms with Crippen molar-refractivity contribution in [1.29, 1.82) is 0 Å². The maximum atomic E-state index is 5.80. The molecule has 0 aliphatic heterocycles. The predicted octanol–water partition coefficient (Wildman–Crippen LogP) is 4.41. The van der Waals surface area contributed by atoms with Gasteiger partial charge in [-0.15, -0.1) is 0 Å². The number of rotatable bonds is 3. The maximum absolute atomic E-state index is 5.80. The largest absolute Gasteiger partial charge is 0.457 e. The van der Waals surface area contributed by atoms with Gasteiger partial charge in [0.05, 0.1) is 0 Å². The zero-order chi connectivity index (χ0) is 10.5. The molecular formula is C13H11IO. The number of para-hydroxylation sites is 2. The number of hydrogen-bond donors (Lipinski definition) is 0. The Morgan fingerprint density at radius 2 is 1.53 bits per heavy atom. The molecule has 0 aliphatic rings. The topological polar surface area (TPSA) is 9.23 Å². The van der Waals surface area contributed by atoms with E-state index in [0.717, 1.165) is 15.9 Å². The molecule has 2 rings (SSSR count). The van der Waals surface area contributed by atoms with Crippen molar-refractivity contribution in [2.24, 2.45) is 0 Å². The van der Waals surface area contributed by atoms with Crippen molar-refractivity contribution >= 4 is 22.6 Å². The van der Waals surface area contributed by atoms with Crippen molar-refractivity contribution in [1.82, 2.24) is 0 Å². The molecule has 0 bridgehead atoms. The van der Waals surface area contributed by atoms with E-state index >= 15 is 0 Å². The molecule has 0 atom stereocenters. The second-order valence-corrected chi connectivity index (χ2v) is 3.92. The fourth-order valence-electron chi connectivity index (χ4n) is 1.33. The van der Waals surface area contributed by atoms with Gasteiger partial charge in [0.25, 0.3) is 0 Å². The lowest BCUT2D eigenvalue weighted by atomic mass is 10.2. The van der Waals surface area contributed by atoms with Crippen LogP contribution in [0.2, 0.25) is 0 Å².